The fourth-order valence-electron chi connectivity index (χ4n) is 8.19. The van der Waals surface area contributed by atoms with E-state index < -0.39 is 46.0 Å². The summed E-state index contributed by atoms with van der Waals surface area (Å²) in [6.07, 6.45) is 0. The zero-order chi connectivity index (χ0) is 37.9. The van der Waals surface area contributed by atoms with Gasteiger partial charge in [0.25, 0.3) is 0 Å². The molecular weight excluding hydrogens is 696 g/mol. The number of hydrogen-bond donors (Lipinski definition) is 8. The van der Waals surface area contributed by atoms with Gasteiger partial charge in [-0.2, -0.15) is 0 Å². The third-order valence-corrected chi connectivity index (χ3v) is 10.7. The highest BCUT2D eigenvalue weighted by Crippen LogP contribution is 2.62. The van der Waals surface area contributed by atoms with Crippen molar-refractivity contribution >= 4 is 65.0 Å². The minimum atomic E-state index is -1.03. The van der Waals surface area contributed by atoms with Crippen molar-refractivity contribution in [2.24, 2.45) is 0 Å². The van der Waals surface area contributed by atoms with Crippen molar-refractivity contribution in [3.8, 4) is 79.4 Å². The summed E-state index contributed by atoms with van der Waals surface area (Å²) in [5.74, 6) is -7.49. The molecule has 8 N–H and O–H groups in total. The van der Waals surface area contributed by atoms with Crippen molar-refractivity contribution in [1.29, 1.82) is 0 Å². The molecule has 55 heavy (non-hydrogen) atoms. The quantitative estimate of drug-likeness (QED) is 0.0501. The lowest BCUT2D eigenvalue weighted by atomic mass is 9.81. The van der Waals surface area contributed by atoms with Crippen LogP contribution in [0.4, 0.5) is 0 Å². The van der Waals surface area contributed by atoms with E-state index in [0.29, 0.717) is 33.4 Å². The Balaban J connectivity index is 1.42. The molecule has 0 bridgehead atoms. The Labute approximate surface area is 310 Å². The lowest BCUT2D eigenvalue weighted by molar-refractivity contribution is 0.350. The third-order valence-electron chi connectivity index (χ3n) is 10.7. The molecule has 10 aromatic rings. The first-order valence-corrected chi connectivity index (χ1v) is 17.3. The van der Waals surface area contributed by atoms with Gasteiger partial charge in [0.1, 0.15) is 11.2 Å². The average Bonchev–Trinajstić information content (AvgIpc) is 3.58. The number of hydrogen-bond acceptors (Lipinski definition) is 9. The smallest absolute Gasteiger partial charge is 0.204 e. The van der Waals surface area contributed by atoms with Crippen LogP contribution in [0.25, 0.3) is 98.4 Å². The van der Waals surface area contributed by atoms with E-state index in [9.17, 15) is 40.9 Å². The summed E-state index contributed by atoms with van der Waals surface area (Å²) in [6.45, 7) is 0. The van der Waals surface area contributed by atoms with Gasteiger partial charge in [-0.25, -0.2) is 0 Å². The topological polar surface area (TPSA) is 175 Å². The second-order valence-corrected chi connectivity index (χ2v) is 13.6. The summed E-state index contributed by atoms with van der Waals surface area (Å²) >= 11 is 0. The minimum Gasteiger partial charge on any atom is -0.504 e. The molecule has 0 atom stereocenters. The van der Waals surface area contributed by atoms with Crippen LogP contribution in [0.3, 0.4) is 0 Å². The Morgan fingerprint density at radius 2 is 0.782 bits per heavy atom. The second kappa shape index (κ2) is 11.4. The molecule has 266 valence electrons. The molecular formula is C46H28O9. The number of rotatable bonds is 3. The summed E-state index contributed by atoms with van der Waals surface area (Å²) in [5.41, 5.74) is 3.08. The molecule has 0 amide bonds. The van der Waals surface area contributed by atoms with E-state index in [4.69, 9.17) is 4.42 Å². The lowest BCUT2D eigenvalue weighted by Crippen LogP contribution is -1.96. The molecule has 0 saturated carbocycles. The van der Waals surface area contributed by atoms with Crippen LogP contribution in [0.5, 0.6) is 46.0 Å². The van der Waals surface area contributed by atoms with Crippen LogP contribution in [-0.4, -0.2) is 40.9 Å². The van der Waals surface area contributed by atoms with E-state index in [1.807, 2.05) is 84.9 Å². The van der Waals surface area contributed by atoms with Gasteiger partial charge in [0, 0.05) is 43.4 Å². The summed E-state index contributed by atoms with van der Waals surface area (Å²) in [4.78, 5) is 0. The predicted molar refractivity (Wildman–Crippen MR) is 213 cm³/mol. The maximum Gasteiger partial charge on any atom is 0.204 e. The SMILES string of the molecule is Oc1c(O)c(O)c2c(-c3ccccc3-c3cccc4oc5cc6ccccc6cc5c34)c3c(O)c(O)c(O)c(O)c3c(-c3ccc4ccccc4c3)c2c1O. The Kier molecular flexibility index (Phi) is 6.59. The Morgan fingerprint density at radius 3 is 1.38 bits per heavy atom. The summed E-state index contributed by atoms with van der Waals surface area (Å²) in [7, 11) is 0. The summed E-state index contributed by atoms with van der Waals surface area (Å²) < 4.78 is 6.36. The Morgan fingerprint density at radius 1 is 0.309 bits per heavy atom. The van der Waals surface area contributed by atoms with Crippen LogP contribution in [0.15, 0.2) is 126 Å². The molecule has 0 radical (unpaired) electrons. The molecule has 0 fully saturated rings. The monoisotopic (exact) mass is 724 g/mol. The van der Waals surface area contributed by atoms with Gasteiger partial charge >= 0.3 is 0 Å². The van der Waals surface area contributed by atoms with E-state index in [-0.39, 0.29) is 32.7 Å². The minimum absolute atomic E-state index is 0.0157. The predicted octanol–water partition coefficient (Wildman–Crippen LogP) is 10.8. The molecule has 1 aromatic heterocycles. The third kappa shape index (κ3) is 4.35. The maximum absolute atomic E-state index is 11.8. The zero-order valence-corrected chi connectivity index (χ0v) is 28.5. The molecule has 9 heteroatoms. The number of phenols is 8. The second-order valence-electron chi connectivity index (χ2n) is 13.6. The van der Waals surface area contributed by atoms with Gasteiger partial charge in [-0.05, 0) is 68.1 Å². The van der Waals surface area contributed by atoms with Crippen LogP contribution in [0, 0.1) is 0 Å². The molecule has 0 aliphatic heterocycles. The van der Waals surface area contributed by atoms with Crippen molar-refractivity contribution in [1.82, 2.24) is 0 Å². The average molecular weight is 725 g/mol. The molecule has 0 aliphatic rings. The van der Waals surface area contributed by atoms with Crippen molar-refractivity contribution in [3.63, 3.8) is 0 Å². The number of furan rings is 1. The fraction of sp³-hybridized carbons (Fsp3) is 0. The first-order chi connectivity index (χ1) is 26.6. The van der Waals surface area contributed by atoms with Crippen molar-refractivity contribution in [2.45, 2.75) is 0 Å². The Bertz CT molecular complexity index is 3220. The van der Waals surface area contributed by atoms with Crippen LogP contribution in [-0.2, 0) is 0 Å². The summed E-state index contributed by atoms with van der Waals surface area (Å²) in [6, 6.07) is 37.2. The molecule has 9 aromatic carbocycles. The van der Waals surface area contributed by atoms with E-state index >= 15 is 0 Å². The van der Waals surface area contributed by atoms with Crippen LogP contribution in [0.2, 0.25) is 0 Å². The van der Waals surface area contributed by atoms with Gasteiger partial charge < -0.3 is 45.3 Å². The first-order valence-electron chi connectivity index (χ1n) is 17.3. The largest absolute Gasteiger partial charge is 0.504 e. The van der Waals surface area contributed by atoms with Gasteiger partial charge in [0.05, 0.1) is 0 Å². The molecule has 10 rings (SSSR count). The highest BCUT2D eigenvalue weighted by molar-refractivity contribution is 6.30. The standard InChI is InChI=1S/C46H28O9/c47-39-35-32(25-17-16-21-8-1-2-9-22(21)18-25)36-38(42(50)46(54)44(52)40(36)48)34(37(35)41(49)45(53)43(39)51)28-13-6-5-12-26(28)27-14-7-15-30-33(27)29-19-23-10-3-4-11-24(23)20-31(29)55-30/h1-20,47-54H. The van der Waals surface area contributed by atoms with Gasteiger partial charge in [-0.1, -0.05) is 97.1 Å². The number of benzene rings is 9. The van der Waals surface area contributed by atoms with Crippen LogP contribution >= 0.6 is 0 Å². The Hall–Kier alpha value is -7.78. The molecule has 1 heterocycles. The van der Waals surface area contributed by atoms with Crippen molar-refractivity contribution < 1.29 is 45.3 Å². The van der Waals surface area contributed by atoms with Gasteiger partial charge in [-0.3, -0.25) is 0 Å². The van der Waals surface area contributed by atoms with E-state index in [1.165, 1.54) is 0 Å². The van der Waals surface area contributed by atoms with Crippen LogP contribution < -0.4 is 0 Å². The lowest BCUT2D eigenvalue weighted by Gasteiger charge is -2.23. The highest BCUT2D eigenvalue weighted by Gasteiger charge is 2.33. The molecule has 9 nitrogen and oxygen atoms in total. The van der Waals surface area contributed by atoms with E-state index in [0.717, 1.165) is 32.3 Å². The highest BCUT2D eigenvalue weighted by atomic mass is 16.4. The number of fused-ring (bicyclic) bond motifs is 7. The van der Waals surface area contributed by atoms with Gasteiger partial charge in [-0.15, -0.1) is 0 Å². The van der Waals surface area contributed by atoms with Crippen molar-refractivity contribution in [3.05, 3.63) is 121 Å². The van der Waals surface area contributed by atoms with E-state index in [2.05, 4.69) is 0 Å². The molecule has 0 unspecified atom stereocenters. The number of phenolic OH excluding ortho intramolecular Hbond substituents is 8. The first kappa shape index (κ1) is 31.9. The number of aromatic hydroxyl groups is 8. The maximum atomic E-state index is 11.8. The van der Waals surface area contributed by atoms with Gasteiger partial charge in [0.2, 0.25) is 23.0 Å². The van der Waals surface area contributed by atoms with Gasteiger partial charge in [0.15, 0.2) is 23.0 Å². The van der Waals surface area contributed by atoms with Crippen molar-refractivity contribution in [2.75, 3.05) is 0 Å². The normalized spacial score (nSPS) is 11.9. The summed E-state index contributed by atoms with van der Waals surface area (Å²) in [5, 5.41) is 95.7. The zero-order valence-electron chi connectivity index (χ0n) is 28.5. The molecule has 0 spiro atoms. The van der Waals surface area contributed by atoms with Crippen LogP contribution in [0.1, 0.15) is 0 Å². The fourth-order valence-corrected chi connectivity index (χ4v) is 8.19. The molecule has 0 saturated heterocycles. The molecule has 0 aliphatic carbocycles. The van der Waals surface area contributed by atoms with E-state index in [1.54, 1.807) is 36.4 Å².